The van der Waals surface area contributed by atoms with E-state index in [-0.39, 0.29) is 64.9 Å². The lowest BCUT2D eigenvalue weighted by Gasteiger charge is -2.39. The van der Waals surface area contributed by atoms with Gasteiger partial charge in [-0.25, -0.2) is 4.72 Å². The molecule has 6 aliphatic rings. The lowest BCUT2D eigenvalue weighted by Crippen LogP contribution is -2.63. The minimum atomic E-state index is -4.13. The van der Waals surface area contributed by atoms with Crippen LogP contribution in [0, 0.1) is 33.5 Å². The van der Waals surface area contributed by atoms with Gasteiger partial charge < -0.3 is 20.9 Å². The van der Waals surface area contributed by atoms with Gasteiger partial charge in [-0.05, 0) is 92.5 Å². The van der Waals surface area contributed by atoms with E-state index in [1.54, 1.807) is 18.7 Å². The average Bonchev–Trinajstić information content (AvgIpc) is 3.90. The minimum absolute atomic E-state index is 0.00563. The Balaban J connectivity index is 1.28. The highest BCUT2D eigenvalue weighted by atomic mass is 32.2. The molecule has 4 saturated carbocycles. The number of hydrogen-bond donors (Lipinski definition) is 4. The van der Waals surface area contributed by atoms with Gasteiger partial charge in [0.15, 0.2) is 0 Å². The van der Waals surface area contributed by atoms with Crippen LogP contribution in [0.4, 0.5) is 0 Å². The van der Waals surface area contributed by atoms with Crippen LogP contribution >= 0.6 is 0 Å². The van der Waals surface area contributed by atoms with Gasteiger partial charge in [0.2, 0.25) is 23.6 Å². The molecule has 2 aliphatic heterocycles. The normalized spacial score (nSPS) is 31.3. The molecule has 6 fully saturated rings. The van der Waals surface area contributed by atoms with Crippen molar-refractivity contribution in [1.29, 1.82) is 0 Å². The third-order valence-corrected chi connectivity index (χ3v) is 18.1. The number of carbonyl (C=O) groups is 5. The van der Waals surface area contributed by atoms with Gasteiger partial charge in [-0.2, -0.15) is 12.7 Å². The van der Waals surface area contributed by atoms with Crippen LogP contribution in [0.5, 0.6) is 0 Å². The van der Waals surface area contributed by atoms with Crippen LogP contribution < -0.4 is 20.7 Å². The second-order valence-corrected chi connectivity index (χ2v) is 22.1. The summed E-state index contributed by atoms with van der Waals surface area (Å²) in [4.78, 5) is 76.4. The van der Waals surface area contributed by atoms with Crippen LogP contribution in [-0.2, 0) is 34.2 Å². The summed E-state index contributed by atoms with van der Waals surface area (Å²) in [6.07, 6.45) is 11.8. The second kappa shape index (κ2) is 16.8. The van der Waals surface area contributed by atoms with Crippen LogP contribution in [-0.4, -0.2) is 114 Å². The molecular weight excluding hydrogens is 771 g/mol. The van der Waals surface area contributed by atoms with Crippen molar-refractivity contribution in [2.45, 2.75) is 182 Å². The lowest BCUT2D eigenvalue weighted by molar-refractivity contribution is -0.145. The highest BCUT2D eigenvalue weighted by Gasteiger charge is 2.85. The first-order chi connectivity index (χ1) is 27.7. The quantitative estimate of drug-likeness (QED) is 0.189. The Kier molecular flexibility index (Phi) is 13.0. The smallest absolute Gasteiger partial charge is 0.303 e. The molecule has 0 aromatic heterocycles. The Morgan fingerprint density at radius 3 is 1.97 bits per heavy atom. The van der Waals surface area contributed by atoms with E-state index in [0.29, 0.717) is 25.8 Å². The predicted octanol–water partition coefficient (Wildman–Crippen LogP) is 4.24. The Morgan fingerprint density at radius 2 is 1.44 bits per heavy atom. The topological polar surface area (TPSA) is 177 Å². The summed E-state index contributed by atoms with van der Waals surface area (Å²) in [5.41, 5.74) is -2.63. The van der Waals surface area contributed by atoms with Gasteiger partial charge in [0, 0.05) is 25.0 Å². The van der Waals surface area contributed by atoms with E-state index >= 15 is 4.79 Å². The monoisotopic (exact) mass is 846 g/mol. The van der Waals surface area contributed by atoms with Gasteiger partial charge >= 0.3 is 10.2 Å². The number of carbonyl (C=O) groups excluding carboxylic acids is 5. The first kappa shape index (κ1) is 45.7. The Labute approximate surface area is 354 Å². The molecule has 0 bridgehead atoms. The summed E-state index contributed by atoms with van der Waals surface area (Å²) in [6, 6.07) is -3.02. The Hall–Kier alpha value is -2.78. The first-order valence-electron chi connectivity index (χ1n) is 23.0. The second-order valence-electron chi connectivity index (χ2n) is 20.5. The van der Waals surface area contributed by atoms with E-state index in [2.05, 4.69) is 46.3 Å². The highest BCUT2D eigenvalue weighted by molar-refractivity contribution is 7.87. The fourth-order valence-corrected chi connectivity index (χ4v) is 13.6. The molecule has 15 heteroatoms. The molecule has 5 amide bonds. The van der Waals surface area contributed by atoms with Crippen molar-refractivity contribution in [3.8, 4) is 0 Å². The largest absolute Gasteiger partial charge is 0.343 e. The van der Waals surface area contributed by atoms with Crippen LogP contribution in [0.3, 0.4) is 0 Å². The minimum Gasteiger partial charge on any atom is -0.343 e. The van der Waals surface area contributed by atoms with Crippen molar-refractivity contribution in [3.63, 3.8) is 0 Å². The molecular formula is C44H75N7O7S. The van der Waals surface area contributed by atoms with E-state index in [0.717, 1.165) is 83.7 Å². The number of nitrogens with zero attached hydrogens (tertiary/aromatic N) is 3. The van der Waals surface area contributed by atoms with Crippen molar-refractivity contribution >= 4 is 39.7 Å². The van der Waals surface area contributed by atoms with Crippen molar-refractivity contribution in [1.82, 2.24) is 34.8 Å². The van der Waals surface area contributed by atoms with Crippen LogP contribution in [0.2, 0.25) is 0 Å². The fourth-order valence-electron chi connectivity index (χ4n) is 12.3. The number of piperidine rings is 1. The molecule has 14 nitrogen and oxygen atoms in total. The van der Waals surface area contributed by atoms with Crippen molar-refractivity contribution in [2.24, 2.45) is 33.5 Å². The molecule has 2 heterocycles. The van der Waals surface area contributed by atoms with Gasteiger partial charge in [-0.15, -0.1) is 0 Å². The lowest BCUT2D eigenvalue weighted by atomic mass is 9.73. The summed E-state index contributed by atoms with van der Waals surface area (Å²) in [5.74, 6) is -2.42. The van der Waals surface area contributed by atoms with Gasteiger partial charge in [0.05, 0.1) is 6.04 Å². The number of fused-ring (bicyclic) bond motifs is 1. The predicted molar refractivity (Wildman–Crippen MR) is 227 cm³/mol. The Bertz CT molecular complexity index is 1730. The number of nitrogens with one attached hydrogen (secondary N) is 4. The van der Waals surface area contributed by atoms with Crippen molar-refractivity contribution in [2.75, 3.05) is 32.7 Å². The standard InChI is InChI=1S/C44H75N7O7S/c1-10-30-26-44(30,39(56)48-59(57,58)50(12-3)13-4)47-36(53)32-27-43(41(8,9)42(43)23-19-24-42)28-51(32)38(55)34(40(5,6)7)46-37(54)33(29-20-15-14-16-21-29)45-35(52)31-22-17-18-25-49(31)11-2/h29-34H,10-28H2,1-9H3,(H,45,52)(H,46,54)(H,47,53)(H,48,56)/t30-,31+,32+,33+,34-,43-,44-/m1/s1. The van der Waals surface area contributed by atoms with Crippen LogP contribution in [0.15, 0.2) is 0 Å². The van der Waals surface area contributed by atoms with Gasteiger partial charge in [0.25, 0.3) is 5.91 Å². The summed E-state index contributed by atoms with van der Waals surface area (Å²) < 4.78 is 29.8. The zero-order chi connectivity index (χ0) is 43.3. The van der Waals surface area contributed by atoms with E-state index in [1.807, 2.05) is 27.7 Å². The molecule has 334 valence electrons. The summed E-state index contributed by atoms with van der Waals surface area (Å²) in [6.45, 7) is 19.9. The third-order valence-electron chi connectivity index (χ3n) is 16.4. The molecule has 2 saturated heterocycles. The third kappa shape index (κ3) is 7.95. The Morgan fingerprint density at radius 1 is 0.797 bits per heavy atom. The highest BCUT2D eigenvalue weighted by Crippen LogP contribution is 2.88. The first-order valence-corrected chi connectivity index (χ1v) is 24.4. The van der Waals surface area contributed by atoms with Gasteiger partial charge in [-0.1, -0.05) is 101 Å². The molecule has 4 N–H and O–H groups in total. The summed E-state index contributed by atoms with van der Waals surface area (Å²) in [7, 11) is -4.13. The molecule has 0 unspecified atom stereocenters. The number of amides is 5. The van der Waals surface area contributed by atoms with E-state index in [1.165, 1.54) is 4.31 Å². The molecule has 0 aromatic carbocycles. The van der Waals surface area contributed by atoms with E-state index in [4.69, 9.17) is 0 Å². The molecule has 6 rings (SSSR count). The molecule has 0 radical (unpaired) electrons. The number of hydrogen-bond acceptors (Lipinski definition) is 8. The number of likely N-dealkylation sites (tertiary alicyclic amines) is 2. The summed E-state index contributed by atoms with van der Waals surface area (Å²) in [5, 5.41) is 9.37. The average molecular weight is 846 g/mol. The molecule has 0 aromatic rings. The number of likely N-dealkylation sites (N-methyl/N-ethyl adjacent to an activating group) is 1. The fraction of sp³-hybridized carbons (Fsp3) is 0.886. The zero-order valence-corrected chi connectivity index (χ0v) is 38.3. The van der Waals surface area contributed by atoms with Crippen LogP contribution in [0.1, 0.15) is 152 Å². The van der Waals surface area contributed by atoms with Gasteiger partial charge in [0.1, 0.15) is 23.7 Å². The SMILES string of the molecule is CC[C@@H]1C[C@]1(NC(=O)[C@@H]1C[C@@]2(CN1C(=O)[C@@H](NC(=O)[C@@H](NC(=O)[C@@H]1CCCCN1CC)C1CCCCC1)C(C)(C)C)C(C)(C)C21CCC1)C(=O)NS(=O)(=O)N(CC)CC. The maximum atomic E-state index is 15.3. The summed E-state index contributed by atoms with van der Waals surface area (Å²) >= 11 is 0. The molecule has 59 heavy (non-hydrogen) atoms. The molecule has 2 spiro atoms. The van der Waals surface area contributed by atoms with Crippen LogP contribution in [0.25, 0.3) is 0 Å². The maximum absolute atomic E-state index is 15.3. The van der Waals surface area contributed by atoms with E-state index in [9.17, 15) is 27.6 Å². The molecule has 4 aliphatic carbocycles. The maximum Gasteiger partial charge on any atom is 0.303 e. The van der Waals surface area contributed by atoms with Crippen molar-refractivity contribution in [3.05, 3.63) is 0 Å². The van der Waals surface area contributed by atoms with Gasteiger partial charge in [-0.3, -0.25) is 28.9 Å². The number of rotatable bonds is 15. The van der Waals surface area contributed by atoms with Crippen molar-refractivity contribution < 1.29 is 32.4 Å². The van der Waals surface area contributed by atoms with E-state index < -0.39 is 51.1 Å². The zero-order valence-electron chi connectivity index (χ0n) is 37.5. The molecule has 7 atom stereocenters.